The van der Waals surface area contributed by atoms with Crippen LogP contribution < -0.4 is 5.32 Å². The summed E-state index contributed by atoms with van der Waals surface area (Å²) in [6.45, 7) is 3.72. The highest BCUT2D eigenvalue weighted by Crippen LogP contribution is 2.47. The van der Waals surface area contributed by atoms with E-state index in [0.29, 0.717) is 0 Å². The molecule has 98 valence electrons. The lowest BCUT2D eigenvalue weighted by atomic mass is 10.4. The van der Waals surface area contributed by atoms with E-state index in [1.54, 1.807) is 13.8 Å². The van der Waals surface area contributed by atoms with E-state index in [4.69, 9.17) is 9.05 Å². The Morgan fingerprint density at radius 2 is 1.76 bits per heavy atom. The second kappa shape index (κ2) is 6.28. The van der Waals surface area contributed by atoms with Crippen LogP contribution in [0.5, 0.6) is 0 Å². The van der Waals surface area contributed by atoms with Crippen molar-refractivity contribution < 1.29 is 23.2 Å². The third-order valence-electron chi connectivity index (χ3n) is 2.20. The molecule has 0 aromatic carbocycles. The van der Waals surface area contributed by atoms with Gasteiger partial charge in [0.15, 0.2) is 0 Å². The zero-order valence-corrected chi connectivity index (χ0v) is 11.0. The third kappa shape index (κ3) is 4.98. The number of hydrogen-bond acceptors (Lipinski definition) is 5. The number of rotatable bonds is 7. The first-order valence-corrected chi connectivity index (χ1v) is 7.45. The van der Waals surface area contributed by atoms with Crippen molar-refractivity contribution in [3.05, 3.63) is 0 Å². The summed E-state index contributed by atoms with van der Waals surface area (Å²) in [5.74, 6) is -0.959. The van der Waals surface area contributed by atoms with E-state index in [2.05, 4.69) is 5.32 Å². The maximum Gasteiger partial charge on any atom is 0.340 e. The first-order valence-electron chi connectivity index (χ1n) is 5.72. The SMILES string of the molecule is CCOP(=O)(CC(=O)NC(=O)C1CC1)OCC. The highest BCUT2D eigenvalue weighted by Gasteiger charge is 2.33. The second-order valence-electron chi connectivity index (χ2n) is 3.79. The smallest absolute Gasteiger partial charge is 0.309 e. The topological polar surface area (TPSA) is 81.7 Å². The summed E-state index contributed by atoms with van der Waals surface area (Å²) in [4.78, 5) is 22.8. The van der Waals surface area contributed by atoms with Crippen LogP contribution in [-0.2, 0) is 23.2 Å². The minimum absolute atomic E-state index is 0.0578. The largest absolute Gasteiger partial charge is 0.340 e. The predicted molar refractivity (Wildman–Crippen MR) is 61.6 cm³/mol. The summed E-state index contributed by atoms with van der Waals surface area (Å²) in [5, 5.41) is 2.20. The van der Waals surface area contributed by atoms with Crippen LogP contribution in [0, 0.1) is 5.92 Å². The van der Waals surface area contributed by atoms with E-state index in [1.807, 2.05) is 0 Å². The molecule has 1 aliphatic rings. The fraction of sp³-hybridized carbons (Fsp3) is 0.800. The Bertz CT molecular complexity index is 330. The first kappa shape index (κ1) is 14.4. The highest BCUT2D eigenvalue weighted by atomic mass is 31.2. The molecule has 0 spiro atoms. The molecule has 6 nitrogen and oxygen atoms in total. The minimum Gasteiger partial charge on any atom is -0.309 e. The molecule has 0 atom stereocenters. The van der Waals surface area contributed by atoms with Crippen LogP contribution in [0.2, 0.25) is 0 Å². The Morgan fingerprint density at radius 3 is 2.18 bits per heavy atom. The van der Waals surface area contributed by atoms with Crippen molar-refractivity contribution in [1.82, 2.24) is 5.32 Å². The molecule has 1 aliphatic carbocycles. The van der Waals surface area contributed by atoms with Gasteiger partial charge in [-0.05, 0) is 26.7 Å². The Balaban J connectivity index is 2.45. The Kier molecular flexibility index (Phi) is 5.31. The summed E-state index contributed by atoms with van der Waals surface area (Å²) >= 11 is 0. The summed E-state index contributed by atoms with van der Waals surface area (Å²) in [7, 11) is -3.41. The normalized spacial score (nSPS) is 15.6. The van der Waals surface area contributed by atoms with Crippen LogP contribution in [0.25, 0.3) is 0 Å². The number of carbonyl (C=O) groups excluding carboxylic acids is 2. The molecule has 17 heavy (non-hydrogen) atoms. The molecule has 0 bridgehead atoms. The fourth-order valence-corrected chi connectivity index (χ4v) is 2.80. The van der Waals surface area contributed by atoms with Gasteiger partial charge >= 0.3 is 7.60 Å². The van der Waals surface area contributed by atoms with Crippen molar-refractivity contribution in [2.45, 2.75) is 26.7 Å². The summed E-state index contributed by atoms with van der Waals surface area (Å²) < 4.78 is 21.9. The molecule has 0 heterocycles. The summed E-state index contributed by atoms with van der Waals surface area (Å²) in [6.07, 6.45) is 1.22. The number of nitrogens with one attached hydrogen (secondary N) is 1. The molecule has 7 heteroatoms. The second-order valence-corrected chi connectivity index (χ2v) is 5.85. The predicted octanol–water partition coefficient (Wildman–Crippen LogP) is 1.31. The van der Waals surface area contributed by atoms with Crippen molar-refractivity contribution in [3.8, 4) is 0 Å². The van der Waals surface area contributed by atoms with Crippen molar-refractivity contribution in [3.63, 3.8) is 0 Å². The molecule has 1 saturated carbocycles. The number of imide groups is 1. The molecule has 0 aromatic rings. The lowest BCUT2D eigenvalue weighted by molar-refractivity contribution is -0.129. The van der Waals surface area contributed by atoms with Crippen molar-refractivity contribution in [1.29, 1.82) is 0 Å². The van der Waals surface area contributed by atoms with E-state index in [-0.39, 0.29) is 25.0 Å². The first-order chi connectivity index (χ1) is 8.00. The van der Waals surface area contributed by atoms with Gasteiger partial charge in [-0.25, -0.2) is 0 Å². The van der Waals surface area contributed by atoms with Crippen LogP contribution >= 0.6 is 7.60 Å². The number of hydrogen-bond donors (Lipinski definition) is 1. The van der Waals surface area contributed by atoms with Crippen molar-refractivity contribution in [2.24, 2.45) is 5.92 Å². The minimum atomic E-state index is -3.41. The average molecular weight is 263 g/mol. The average Bonchev–Trinajstić information content (AvgIpc) is 2.99. The number of amides is 2. The maximum atomic E-state index is 12.0. The summed E-state index contributed by atoms with van der Waals surface area (Å²) in [5.41, 5.74) is 0. The molecular formula is C10H18NO5P. The molecule has 0 radical (unpaired) electrons. The Labute approximate surface area is 101 Å². The van der Waals surface area contributed by atoms with Gasteiger partial charge in [0.1, 0.15) is 6.16 Å². The standard InChI is InChI=1S/C10H18NO5P/c1-3-15-17(14,16-4-2)7-9(12)11-10(13)8-5-6-8/h8H,3-7H2,1-2H3,(H,11,12,13). The maximum absolute atomic E-state index is 12.0. The molecule has 2 amide bonds. The van der Waals surface area contributed by atoms with E-state index >= 15 is 0 Å². The van der Waals surface area contributed by atoms with Gasteiger partial charge in [0.25, 0.3) is 0 Å². The zero-order chi connectivity index (χ0) is 12.9. The number of carbonyl (C=O) groups is 2. The summed E-state index contributed by atoms with van der Waals surface area (Å²) in [6, 6.07) is 0. The molecular weight excluding hydrogens is 245 g/mol. The third-order valence-corrected chi connectivity index (χ3v) is 4.18. The van der Waals surface area contributed by atoms with Gasteiger partial charge in [-0.3, -0.25) is 19.5 Å². The lowest BCUT2D eigenvalue weighted by Crippen LogP contribution is -2.34. The van der Waals surface area contributed by atoms with Crippen LogP contribution in [0.15, 0.2) is 0 Å². The van der Waals surface area contributed by atoms with Crippen LogP contribution in [0.3, 0.4) is 0 Å². The van der Waals surface area contributed by atoms with Crippen molar-refractivity contribution >= 4 is 19.4 Å². The Morgan fingerprint density at radius 1 is 1.24 bits per heavy atom. The quantitative estimate of drug-likeness (QED) is 0.700. The van der Waals surface area contributed by atoms with E-state index in [0.717, 1.165) is 12.8 Å². The van der Waals surface area contributed by atoms with Gasteiger partial charge in [-0.1, -0.05) is 0 Å². The van der Waals surface area contributed by atoms with Gasteiger partial charge < -0.3 is 9.05 Å². The van der Waals surface area contributed by atoms with Gasteiger partial charge in [-0.2, -0.15) is 0 Å². The molecule has 1 rings (SSSR count). The molecule has 1 N–H and O–H groups in total. The van der Waals surface area contributed by atoms with E-state index in [1.165, 1.54) is 0 Å². The molecule has 0 aromatic heterocycles. The molecule has 0 aliphatic heterocycles. The van der Waals surface area contributed by atoms with E-state index < -0.39 is 19.7 Å². The van der Waals surface area contributed by atoms with Gasteiger partial charge in [-0.15, -0.1) is 0 Å². The zero-order valence-electron chi connectivity index (χ0n) is 10.1. The lowest BCUT2D eigenvalue weighted by Gasteiger charge is -2.16. The Hall–Kier alpha value is -0.710. The molecule has 0 saturated heterocycles. The van der Waals surface area contributed by atoms with Gasteiger partial charge in [0.05, 0.1) is 13.2 Å². The van der Waals surface area contributed by atoms with Crippen molar-refractivity contribution in [2.75, 3.05) is 19.4 Å². The fourth-order valence-electron chi connectivity index (χ4n) is 1.32. The molecule has 1 fully saturated rings. The monoisotopic (exact) mass is 263 g/mol. The van der Waals surface area contributed by atoms with Crippen LogP contribution in [0.1, 0.15) is 26.7 Å². The van der Waals surface area contributed by atoms with Crippen LogP contribution in [-0.4, -0.2) is 31.2 Å². The van der Waals surface area contributed by atoms with Gasteiger partial charge in [0, 0.05) is 5.92 Å². The van der Waals surface area contributed by atoms with Crippen LogP contribution in [0.4, 0.5) is 0 Å². The highest BCUT2D eigenvalue weighted by molar-refractivity contribution is 7.54. The van der Waals surface area contributed by atoms with E-state index in [9.17, 15) is 14.2 Å². The van der Waals surface area contributed by atoms with Gasteiger partial charge in [0.2, 0.25) is 11.8 Å². The molecule has 0 unspecified atom stereocenters.